The Morgan fingerprint density at radius 2 is 0.761 bits per heavy atom. The Labute approximate surface area is 508 Å². The Kier molecular flexibility index (Phi) is 13.9. The fraction of sp³-hybridized carbons (Fsp3) is 0.250. The summed E-state index contributed by atoms with van der Waals surface area (Å²) in [4.78, 5) is 96.1. The number of carbonyl (C=O) groups is 6. The van der Waals surface area contributed by atoms with Gasteiger partial charge in [-0.15, -0.1) is 0 Å². The fourth-order valence-electron chi connectivity index (χ4n) is 15.8. The van der Waals surface area contributed by atoms with Crippen molar-refractivity contribution in [3.05, 3.63) is 251 Å². The van der Waals surface area contributed by atoms with Gasteiger partial charge in [-0.05, 0) is 91.7 Å². The van der Waals surface area contributed by atoms with Crippen LogP contribution in [-0.4, -0.2) is 130 Å². The highest BCUT2D eigenvalue weighted by Crippen LogP contribution is 2.68. The maximum absolute atomic E-state index is 16.3. The lowest BCUT2D eigenvalue weighted by molar-refractivity contribution is -0.151. The number of benzene rings is 8. The molecule has 0 bridgehead atoms. The van der Waals surface area contributed by atoms with Crippen LogP contribution in [0.1, 0.15) is 69.2 Å². The van der Waals surface area contributed by atoms with Crippen LogP contribution in [0.3, 0.4) is 0 Å². The fourth-order valence-corrected chi connectivity index (χ4v) is 15.8. The van der Waals surface area contributed by atoms with E-state index in [1.807, 2.05) is 206 Å². The SMILES string of the molecule is CN(C(=O)OCC1c2ccccc2-c2ccccc21)[C@@H](Cc1ccccc1)C(=O)N1[C@H](C(=O)O)C[C@@]2([C@@]34C[C@@H](C(=O)O)N(C(=O)[C@H](Cc5ccccc5)N(C)C(=O)OCC5c6ccccc6-c6ccccc65)[C@@H]3Nc3ccccc34)c3ccccc3N[C@@H]12. The lowest BCUT2D eigenvalue weighted by atomic mass is 9.54. The standard InChI is InChI=1S/C72H64N6O10/c1-75(69(85)87-41-53-49-29-13-9-25-45(49)46-26-10-14-30-50(46)53)59(37-43-21-5-3-6-22-43)63(79)77-61(65(81)82)39-71(55-33-17-19-35-57(55)73-67(71)77)72-40-62(66(83)84)78(68(72)74-58-36-20-18-34-56(58)72)64(80)60(38-44-23-7-4-8-24-44)76(2)70(86)88-42-54-51-31-15-11-27-47(51)48-28-12-16-32-52(48)54/h3-36,53-54,59-62,67-68,73-74H,37-42H2,1-2H3,(H,81,82)(H,83,84)/t59-,60-,61-,62-,67-,68-,71+,72+/m0/s1. The van der Waals surface area contributed by atoms with E-state index in [1.165, 1.54) is 33.7 Å². The lowest BCUT2D eigenvalue weighted by Crippen LogP contribution is -2.64. The highest BCUT2D eigenvalue weighted by Gasteiger charge is 2.77. The van der Waals surface area contributed by atoms with E-state index in [-0.39, 0.29) is 50.7 Å². The summed E-state index contributed by atoms with van der Waals surface area (Å²) in [6.45, 7) is -0.0605. The summed E-state index contributed by atoms with van der Waals surface area (Å²) in [7, 11) is 2.99. The molecular weight excluding hydrogens is 1110 g/mol. The van der Waals surface area contributed by atoms with Crippen LogP contribution >= 0.6 is 0 Å². The molecule has 6 aliphatic rings. The number of carboxylic acids is 2. The summed E-state index contributed by atoms with van der Waals surface area (Å²) in [6, 6.07) is 59.4. The Hall–Kier alpha value is -10.2. The summed E-state index contributed by atoms with van der Waals surface area (Å²) in [5.41, 5.74) is 9.06. The maximum Gasteiger partial charge on any atom is 0.410 e. The number of carboxylic acid groups (broad SMARTS) is 2. The van der Waals surface area contributed by atoms with Crippen molar-refractivity contribution >= 4 is 47.3 Å². The zero-order chi connectivity index (χ0) is 60.6. The Morgan fingerprint density at radius 3 is 1.10 bits per heavy atom. The third kappa shape index (κ3) is 8.69. The van der Waals surface area contributed by atoms with Crippen molar-refractivity contribution in [3.8, 4) is 22.3 Å². The molecule has 4 amide bonds. The van der Waals surface area contributed by atoms with E-state index in [0.717, 1.165) is 44.5 Å². The van der Waals surface area contributed by atoms with Gasteiger partial charge >= 0.3 is 24.1 Å². The molecule has 4 N–H and O–H groups in total. The van der Waals surface area contributed by atoms with Crippen molar-refractivity contribution in [1.82, 2.24) is 19.6 Å². The third-order valence-electron chi connectivity index (χ3n) is 19.8. The second-order valence-electron chi connectivity index (χ2n) is 24.0. The first-order valence-electron chi connectivity index (χ1n) is 29.9. The van der Waals surface area contributed by atoms with Crippen molar-refractivity contribution in [2.45, 2.75) is 84.8 Å². The minimum atomic E-state index is -1.55. The third-order valence-corrected chi connectivity index (χ3v) is 19.8. The first-order valence-corrected chi connectivity index (χ1v) is 29.9. The molecule has 4 aliphatic heterocycles. The molecule has 8 aromatic rings. The molecule has 0 saturated carbocycles. The summed E-state index contributed by atoms with van der Waals surface area (Å²) in [6.07, 6.45) is -4.47. The number of para-hydroxylation sites is 2. The predicted molar refractivity (Wildman–Crippen MR) is 330 cm³/mol. The molecule has 0 radical (unpaired) electrons. The molecule has 442 valence electrons. The van der Waals surface area contributed by atoms with E-state index in [4.69, 9.17) is 9.47 Å². The lowest BCUT2D eigenvalue weighted by Gasteiger charge is -2.48. The number of aliphatic carboxylic acids is 2. The molecule has 2 aliphatic carbocycles. The van der Waals surface area contributed by atoms with Gasteiger partial charge in [0.05, 0.1) is 10.8 Å². The first-order chi connectivity index (χ1) is 42.8. The van der Waals surface area contributed by atoms with E-state index >= 15 is 9.59 Å². The van der Waals surface area contributed by atoms with Crippen LogP contribution in [-0.2, 0) is 52.3 Å². The number of rotatable bonds is 15. The van der Waals surface area contributed by atoms with Gasteiger partial charge in [0, 0.05) is 50.1 Å². The zero-order valence-corrected chi connectivity index (χ0v) is 48.4. The van der Waals surface area contributed by atoms with Crippen LogP contribution in [0.5, 0.6) is 0 Å². The first kappa shape index (κ1) is 55.6. The molecule has 2 fully saturated rings. The minimum absolute atomic E-state index is 0.0165. The van der Waals surface area contributed by atoms with Gasteiger partial charge in [0.25, 0.3) is 0 Å². The average Bonchev–Trinajstić information content (AvgIpc) is 1.49. The molecule has 4 heterocycles. The van der Waals surface area contributed by atoms with Crippen LogP contribution < -0.4 is 10.6 Å². The number of nitrogens with zero attached hydrogens (tertiary/aromatic N) is 4. The number of hydrogen-bond acceptors (Lipinski definition) is 10. The van der Waals surface area contributed by atoms with Gasteiger partial charge < -0.3 is 40.1 Å². The van der Waals surface area contributed by atoms with Gasteiger partial charge in [0.15, 0.2) is 0 Å². The van der Waals surface area contributed by atoms with E-state index in [9.17, 15) is 29.4 Å². The molecule has 16 nitrogen and oxygen atoms in total. The topological polar surface area (TPSA) is 198 Å². The second kappa shape index (κ2) is 21.9. The number of ether oxygens (including phenoxy) is 2. The van der Waals surface area contributed by atoms with Gasteiger partial charge in [-0.25, -0.2) is 19.2 Å². The van der Waals surface area contributed by atoms with Gasteiger partial charge in [0.2, 0.25) is 11.8 Å². The largest absolute Gasteiger partial charge is 0.480 e. The maximum atomic E-state index is 16.3. The van der Waals surface area contributed by atoms with E-state index in [2.05, 4.69) is 10.6 Å². The summed E-state index contributed by atoms with van der Waals surface area (Å²) in [5, 5.41) is 30.6. The number of fused-ring (bicyclic) bond motifs is 13. The number of carbonyl (C=O) groups excluding carboxylic acids is 4. The van der Waals surface area contributed by atoms with Crippen LogP contribution in [0.2, 0.25) is 0 Å². The molecule has 0 unspecified atom stereocenters. The highest BCUT2D eigenvalue weighted by molar-refractivity contribution is 5.95. The molecular formula is C72H64N6O10. The summed E-state index contributed by atoms with van der Waals surface area (Å²) < 4.78 is 12.4. The number of anilines is 2. The van der Waals surface area contributed by atoms with Crippen molar-refractivity contribution in [3.63, 3.8) is 0 Å². The van der Waals surface area contributed by atoms with E-state index < -0.39 is 83.3 Å². The van der Waals surface area contributed by atoms with Crippen LogP contribution in [0.4, 0.5) is 21.0 Å². The monoisotopic (exact) mass is 1170 g/mol. The van der Waals surface area contributed by atoms with Crippen molar-refractivity contribution < 1.29 is 48.5 Å². The summed E-state index contributed by atoms with van der Waals surface area (Å²) in [5.74, 6) is -4.56. The molecule has 14 rings (SSSR count). The van der Waals surface area contributed by atoms with Crippen LogP contribution in [0.25, 0.3) is 22.3 Å². The number of likely N-dealkylation sites (tertiary alicyclic amines) is 2. The van der Waals surface area contributed by atoms with Gasteiger partial charge in [-0.3, -0.25) is 19.4 Å². The molecule has 8 atom stereocenters. The Bertz CT molecular complexity index is 3750. The van der Waals surface area contributed by atoms with Crippen LogP contribution in [0.15, 0.2) is 206 Å². The number of likely N-dealkylation sites (N-methyl/N-ethyl adjacent to an activating group) is 2. The van der Waals surface area contributed by atoms with Crippen molar-refractivity contribution in [2.75, 3.05) is 37.9 Å². The zero-order valence-electron chi connectivity index (χ0n) is 48.4. The molecule has 0 spiro atoms. The minimum Gasteiger partial charge on any atom is -0.480 e. The predicted octanol–water partition coefficient (Wildman–Crippen LogP) is 10.7. The highest BCUT2D eigenvalue weighted by atomic mass is 16.6. The molecule has 16 heteroatoms. The van der Waals surface area contributed by atoms with E-state index in [0.29, 0.717) is 33.6 Å². The molecule has 88 heavy (non-hydrogen) atoms. The molecule has 0 aromatic heterocycles. The number of nitrogens with one attached hydrogen (secondary N) is 2. The van der Waals surface area contributed by atoms with Gasteiger partial charge in [-0.1, -0.05) is 194 Å². The quantitative estimate of drug-likeness (QED) is 0.0759. The average molecular weight is 1170 g/mol. The van der Waals surface area contributed by atoms with Crippen molar-refractivity contribution in [1.29, 1.82) is 0 Å². The molecule has 8 aromatic carbocycles. The number of amides is 4. The van der Waals surface area contributed by atoms with Crippen molar-refractivity contribution in [2.24, 2.45) is 0 Å². The van der Waals surface area contributed by atoms with Gasteiger partial charge in [-0.2, -0.15) is 0 Å². The normalized spacial score (nSPS) is 22.0. The number of hydrogen-bond donors (Lipinski definition) is 4. The van der Waals surface area contributed by atoms with Gasteiger partial charge in [0.1, 0.15) is 49.7 Å². The second-order valence-corrected chi connectivity index (χ2v) is 24.0. The summed E-state index contributed by atoms with van der Waals surface area (Å²) >= 11 is 0. The smallest absolute Gasteiger partial charge is 0.410 e. The van der Waals surface area contributed by atoms with Crippen LogP contribution in [0, 0.1) is 0 Å². The molecule has 2 saturated heterocycles. The Morgan fingerprint density at radius 1 is 0.455 bits per heavy atom. The Balaban J connectivity index is 0.840. The van der Waals surface area contributed by atoms with E-state index in [1.54, 1.807) is 0 Å².